The average Bonchev–Trinajstić information content (AvgIpc) is 2.57. The van der Waals surface area contributed by atoms with Crippen LogP contribution in [0, 0.1) is 0 Å². The molecule has 1 heterocycles. The number of nitrogens with one attached hydrogen (secondary N) is 1. The number of para-hydroxylation sites is 1. The van der Waals surface area contributed by atoms with E-state index in [9.17, 15) is 4.79 Å². The fourth-order valence-electron chi connectivity index (χ4n) is 2.37. The van der Waals surface area contributed by atoms with Gasteiger partial charge in [-0.2, -0.15) is 0 Å². The Hall–Kier alpha value is -2.14. The van der Waals surface area contributed by atoms with Gasteiger partial charge >= 0.3 is 0 Å². The summed E-state index contributed by atoms with van der Waals surface area (Å²) in [5, 5.41) is 4.01. The van der Waals surface area contributed by atoms with Gasteiger partial charge in [-0.05, 0) is 24.7 Å². The summed E-state index contributed by atoms with van der Waals surface area (Å²) in [6, 6.07) is 9.74. The number of rotatable bonds is 7. The van der Waals surface area contributed by atoms with E-state index in [0.717, 1.165) is 29.6 Å². The maximum Gasteiger partial charge on any atom is 0.234 e. The van der Waals surface area contributed by atoms with Gasteiger partial charge in [0, 0.05) is 18.0 Å². The van der Waals surface area contributed by atoms with Crippen molar-refractivity contribution in [2.75, 3.05) is 26.7 Å². The molecule has 118 valence electrons. The van der Waals surface area contributed by atoms with E-state index in [1.807, 2.05) is 30.3 Å². The zero-order valence-electron chi connectivity index (χ0n) is 13.4. The molecule has 0 aliphatic carbocycles. The average molecular weight is 301 g/mol. The van der Waals surface area contributed by atoms with Crippen molar-refractivity contribution in [2.45, 2.75) is 20.4 Å². The van der Waals surface area contributed by atoms with E-state index in [4.69, 9.17) is 4.74 Å². The molecule has 2 rings (SSSR count). The van der Waals surface area contributed by atoms with Gasteiger partial charge in [0.2, 0.25) is 11.8 Å². The van der Waals surface area contributed by atoms with E-state index in [-0.39, 0.29) is 5.91 Å². The molecule has 1 N–H and O–H groups in total. The monoisotopic (exact) mass is 301 g/mol. The van der Waals surface area contributed by atoms with Crippen LogP contribution in [0.5, 0.6) is 5.88 Å². The predicted octanol–water partition coefficient (Wildman–Crippen LogP) is 2.20. The van der Waals surface area contributed by atoms with Crippen LogP contribution in [0.1, 0.15) is 19.4 Å². The Kier molecular flexibility index (Phi) is 5.72. The van der Waals surface area contributed by atoms with Crippen molar-refractivity contribution >= 4 is 16.8 Å². The topological polar surface area (TPSA) is 54.5 Å². The van der Waals surface area contributed by atoms with Crippen LogP contribution in [-0.4, -0.2) is 42.5 Å². The Morgan fingerprint density at radius 1 is 1.27 bits per heavy atom. The minimum Gasteiger partial charge on any atom is -0.481 e. The number of hydrogen-bond donors (Lipinski definition) is 1. The highest BCUT2D eigenvalue weighted by molar-refractivity contribution is 5.84. The summed E-state index contributed by atoms with van der Waals surface area (Å²) < 4.78 is 5.24. The Morgan fingerprint density at radius 3 is 2.68 bits per heavy atom. The lowest BCUT2D eigenvalue weighted by Gasteiger charge is -2.17. The van der Waals surface area contributed by atoms with Crippen LogP contribution in [0.3, 0.4) is 0 Å². The minimum absolute atomic E-state index is 0.0311. The zero-order chi connectivity index (χ0) is 15.9. The van der Waals surface area contributed by atoms with E-state index in [1.165, 1.54) is 0 Å². The number of ether oxygens (including phenoxy) is 1. The number of likely N-dealkylation sites (N-methyl/N-ethyl adjacent to an activating group) is 1. The summed E-state index contributed by atoms with van der Waals surface area (Å²) in [6.07, 6.45) is 0. The SMILES string of the molecule is CCN(CC)CC(=O)NCc1cc(OC)nc2ccccc12. The molecular formula is C17H23N3O2. The van der Waals surface area contributed by atoms with Crippen LogP contribution < -0.4 is 10.1 Å². The Bertz CT molecular complexity index is 639. The van der Waals surface area contributed by atoms with Gasteiger partial charge < -0.3 is 10.1 Å². The van der Waals surface area contributed by atoms with Gasteiger partial charge in [0.05, 0.1) is 19.2 Å². The lowest BCUT2D eigenvalue weighted by atomic mass is 10.1. The second-order valence-electron chi connectivity index (χ2n) is 5.08. The number of carbonyl (C=O) groups is 1. The van der Waals surface area contributed by atoms with E-state index in [1.54, 1.807) is 7.11 Å². The largest absolute Gasteiger partial charge is 0.481 e. The normalized spacial score (nSPS) is 10.9. The molecular weight excluding hydrogens is 278 g/mol. The molecule has 5 heteroatoms. The molecule has 0 fully saturated rings. The third-order valence-corrected chi connectivity index (χ3v) is 3.73. The molecule has 1 amide bonds. The Labute approximate surface area is 131 Å². The number of amides is 1. The van der Waals surface area contributed by atoms with Crippen LogP contribution >= 0.6 is 0 Å². The fraction of sp³-hybridized carbons (Fsp3) is 0.412. The molecule has 0 bridgehead atoms. The molecule has 0 saturated carbocycles. The lowest BCUT2D eigenvalue weighted by Crippen LogP contribution is -2.36. The molecule has 0 radical (unpaired) electrons. The molecule has 0 atom stereocenters. The summed E-state index contributed by atoms with van der Waals surface area (Å²) in [5.74, 6) is 0.593. The van der Waals surface area contributed by atoms with E-state index in [0.29, 0.717) is 19.0 Å². The molecule has 0 unspecified atom stereocenters. The van der Waals surface area contributed by atoms with Crippen LogP contribution in [0.4, 0.5) is 0 Å². The number of methoxy groups -OCH3 is 1. The van der Waals surface area contributed by atoms with Crippen LogP contribution in [0.15, 0.2) is 30.3 Å². The first-order chi connectivity index (χ1) is 10.7. The minimum atomic E-state index is 0.0311. The molecule has 22 heavy (non-hydrogen) atoms. The summed E-state index contributed by atoms with van der Waals surface area (Å²) in [7, 11) is 1.60. The zero-order valence-corrected chi connectivity index (χ0v) is 13.4. The number of pyridine rings is 1. The standard InChI is InChI=1S/C17H23N3O2/c1-4-20(5-2)12-16(21)18-11-13-10-17(22-3)19-15-9-7-6-8-14(13)15/h6-10H,4-5,11-12H2,1-3H3,(H,18,21). The predicted molar refractivity (Wildman–Crippen MR) is 87.9 cm³/mol. The highest BCUT2D eigenvalue weighted by atomic mass is 16.5. The maximum absolute atomic E-state index is 12.0. The molecule has 0 spiro atoms. The van der Waals surface area contributed by atoms with E-state index >= 15 is 0 Å². The fourth-order valence-corrected chi connectivity index (χ4v) is 2.37. The number of nitrogens with zero attached hydrogens (tertiary/aromatic N) is 2. The molecule has 5 nitrogen and oxygen atoms in total. The molecule has 2 aromatic rings. The van der Waals surface area contributed by atoms with Gasteiger partial charge in [-0.15, -0.1) is 0 Å². The summed E-state index contributed by atoms with van der Waals surface area (Å²) in [4.78, 5) is 18.5. The third-order valence-electron chi connectivity index (χ3n) is 3.73. The number of benzene rings is 1. The number of fused-ring (bicyclic) bond motifs is 1. The van der Waals surface area contributed by atoms with Crippen molar-refractivity contribution in [2.24, 2.45) is 0 Å². The smallest absolute Gasteiger partial charge is 0.234 e. The highest BCUT2D eigenvalue weighted by Gasteiger charge is 2.09. The summed E-state index contributed by atoms with van der Waals surface area (Å²) >= 11 is 0. The molecule has 0 aliphatic rings. The number of hydrogen-bond acceptors (Lipinski definition) is 4. The van der Waals surface area contributed by atoms with E-state index < -0.39 is 0 Å². The lowest BCUT2D eigenvalue weighted by molar-refractivity contribution is -0.122. The molecule has 0 saturated heterocycles. The Balaban J connectivity index is 2.12. The van der Waals surface area contributed by atoms with Crippen molar-refractivity contribution < 1.29 is 9.53 Å². The van der Waals surface area contributed by atoms with Crippen molar-refractivity contribution in [1.29, 1.82) is 0 Å². The van der Waals surface area contributed by atoms with Gasteiger partial charge in [-0.3, -0.25) is 9.69 Å². The van der Waals surface area contributed by atoms with Crippen molar-refractivity contribution in [1.82, 2.24) is 15.2 Å². The van der Waals surface area contributed by atoms with Crippen molar-refractivity contribution in [3.63, 3.8) is 0 Å². The van der Waals surface area contributed by atoms with Gasteiger partial charge in [-0.1, -0.05) is 32.0 Å². The van der Waals surface area contributed by atoms with E-state index in [2.05, 4.69) is 29.0 Å². The Morgan fingerprint density at radius 2 is 2.00 bits per heavy atom. The van der Waals surface area contributed by atoms with Gasteiger partial charge in [0.15, 0.2) is 0 Å². The second kappa shape index (κ2) is 7.75. The highest BCUT2D eigenvalue weighted by Crippen LogP contribution is 2.21. The number of carbonyl (C=O) groups excluding carboxylic acids is 1. The summed E-state index contributed by atoms with van der Waals surface area (Å²) in [5.41, 5.74) is 1.88. The summed E-state index contributed by atoms with van der Waals surface area (Å²) in [6.45, 7) is 6.74. The van der Waals surface area contributed by atoms with Crippen molar-refractivity contribution in [3.8, 4) is 5.88 Å². The number of aromatic nitrogens is 1. The third kappa shape index (κ3) is 3.95. The second-order valence-corrected chi connectivity index (χ2v) is 5.08. The molecule has 1 aromatic heterocycles. The van der Waals surface area contributed by atoms with Gasteiger partial charge in [0.1, 0.15) is 0 Å². The van der Waals surface area contributed by atoms with Gasteiger partial charge in [-0.25, -0.2) is 4.98 Å². The quantitative estimate of drug-likeness (QED) is 0.852. The van der Waals surface area contributed by atoms with Crippen LogP contribution in [-0.2, 0) is 11.3 Å². The van der Waals surface area contributed by atoms with Crippen LogP contribution in [0.25, 0.3) is 10.9 Å². The first-order valence-corrected chi connectivity index (χ1v) is 7.59. The first-order valence-electron chi connectivity index (χ1n) is 7.59. The first kappa shape index (κ1) is 16.2. The van der Waals surface area contributed by atoms with Crippen LogP contribution in [0.2, 0.25) is 0 Å². The molecule has 0 aliphatic heterocycles. The van der Waals surface area contributed by atoms with Gasteiger partial charge in [0.25, 0.3) is 0 Å². The maximum atomic E-state index is 12.0. The molecule has 1 aromatic carbocycles. The van der Waals surface area contributed by atoms with Crippen molar-refractivity contribution in [3.05, 3.63) is 35.9 Å².